The zero-order chi connectivity index (χ0) is 23.2. The minimum absolute atomic E-state index is 0.378. The summed E-state index contributed by atoms with van der Waals surface area (Å²) in [4.78, 5) is 16.4. The lowest BCUT2D eigenvalue weighted by Gasteiger charge is -2.06. The van der Waals surface area contributed by atoms with E-state index in [-0.39, 0.29) is 5.82 Å². The van der Waals surface area contributed by atoms with E-state index < -0.39 is 0 Å². The van der Waals surface area contributed by atoms with E-state index in [1.165, 1.54) is 19.2 Å². The fourth-order valence-electron chi connectivity index (χ4n) is 4.12. The average Bonchev–Trinajstić information content (AvgIpc) is 3.47. The van der Waals surface area contributed by atoms with Crippen molar-refractivity contribution in [3.8, 4) is 39.5 Å². The Balaban J connectivity index is 1.50. The lowest BCUT2D eigenvalue weighted by atomic mass is 10.0. The molecule has 6 aromatic rings. The number of ether oxygens (including phenoxy) is 1. The molecule has 0 saturated carbocycles. The van der Waals surface area contributed by atoms with Gasteiger partial charge in [0.25, 0.3) is 0 Å². The smallest absolute Gasteiger partial charge is 0.127 e. The lowest BCUT2D eigenvalue weighted by Crippen LogP contribution is -1.89. The molecule has 0 bridgehead atoms. The van der Waals surface area contributed by atoms with E-state index in [0.717, 1.165) is 50.0 Å². The van der Waals surface area contributed by atoms with E-state index in [1.54, 1.807) is 37.1 Å². The van der Waals surface area contributed by atoms with Crippen molar-refractivity contribution in [1.29, 1.82) is 0 Å². The standard InChI is InChI=1S/C25H18FN7O/c1-34-17-4-13(2-15(26)5-17)20-10-29-11-23-18(20)6-22(31-23)25-19-7-21(30-12-24(19)32-33-25)14-3-16(27)9-28-8-14/h2-12,31H,27H2,1H3,(H,32,33). The molecular formula is C25H18FN7O. The fourth-order valence-corrected chi connectivity index (χ4v) is 4.12. The molecule has 0 aliphatic carbocycles. The number of hydrogen-bond acceptors (Lipinski definition) is 6. The number of nitrogen functional groups attached to an aromatic ring is 1. The van der Waals surface area contributed by atoms with E-state index in [0.29, 0.717) is 17.0 Å². The number of nitrogens with two attached hydrogens (primary N) is 1. The molecule has 4 N–H and O–H groups in total. The Bertz CT molecular complexity index is 1690. The zero-order valence-corrected chi connectivity index (χ0v) is 18.0. The second-order valence-corrected chi connectivity index (χ2v) is 7.91. The summed E-state index contributed by atoms with van der Waals surface area (Å²) in [6, 6.07) is 10.4. The molecule has 34 heavy (non-hydrogen) atoms. The number of rotatable bonds is 4. The number of benzene rings is 1. The Morgan fingerprint density at radius 2 is 1.74 bits per heavy atom. The molecule has 0 fully saturated rings. The summed E-state index contributed by atoms with van der Waals surface area (Å²) in [6.45, 7) is 0. The Kier molecular flexibility index (Phi) is 4.48. The summed E-state index contributed by atoms with van der Waals surface area (Å²) in [5.41, 5.74) is 12.6. The van der Waals surface area contributed by atoms with E-state index in [4.69, 9.17) is 10.5 Å². The minimum atomic E-state index is -0.378. The number of methoxy groups -OCH3 is 1. The largest absolute Gasteiger partial charge is 0.497 e. The number of aromatic amines is 2. The molecule has 0 unspecified atom stereocenters. The molecule has 1 aromatic carbocycles. The van der Waals surface area contributed by atoms with Gasteiger partial charge in [-0.1, -0.05) is 0 Å². The van der Waals surface area contributed by atoms with E-state index >= 15 is 0 Å². The van der Waals surface area contributed by atoms with Gasteiger partial charge in [-0.15, -0.1) is 0 Å². The molecular weight excluding hydrogens is 433 g/mol. The molecule has 0 atom stereocenters. The normalized spacial score (nSPS) is 11.4. The Hall–Kier alpha value is -4.79. The van der Waals surface area contributed by atoms with Gasteiger partial charge in [0.05, 0.1) is 47.6 Å². The molecule has 166 valence electrons. The van der Waals surface area contributed by atoms with Gasteiger partial charge >= 0.3 is 0 Å². The highest BCUT2D eigenvalue weighted by molar-refractivity contribution is 6.01. The summed E-state index contributed by atoms with van der Waals surface area (Å²) in [7, 11) is 1.51. The minimum Gasteiger partial charge on any atom is -0.497 e. The molecule has 9 heteroatoms. The van der Waals surface area contributed by atoms with Crippen LogP contribution in [0.15, 0.2) is 67.4 Å². The number of hydrogen-bond donors (Lipinski definition) is 3. The van der Waals surface area contributed by atoms with Crippen LogP contribution < -0.4 is 10.5 Å². The van der Waals surface area contributed by atoms with Crippen molar-refractivity contribution in [3.05, 3.63) is 73.2 Å². The monoisotopic (exact) mass is 451 g/mol. The molecule has 0 spiro atoms. The number of H-pyrrole nitrogens is 2. The Morgan fingerprint density at radius 3 is 2.59 bits per heavy atom. The molecule has 0 radical (unpaired) electrons. The predicted molar refractivity (Wildman–Crippen MR) is 129 cm³/mol. The maximum absolute atomic E-state index is 14.2. The molecule has 0 amide bonds. The summed E-state index contributed by atoms with van der Waals surface area (Å²) >= 11 is 0. The summed E-state index contributed by atoms with van der Waals surface area (Å²) < 4.78 is 19.4. The second-order valence-electron chi connectivity index (χ2n) is 7.91. The van der Waals surface area contributed by atoms with E-state index in [9.17, 15) is 4.39 Å². The van der Waals surface area contributed by atoms with Crippen LogP contribution in [0.2, 0.25) is 0 Å². The fraction of sp³-hybridized carbons (Fsp3) is 0.0400. The number of anilines is 1. The van der Waals surface area contributed by atoms with Crippen molar-refractivity contribution < 1.29 is 9.13 Å². The van der Waals surface area contributed by atoms with Crippen LogP contribution in [0, 0.1) is 5.82 Å². The van der Waals surface area contributed by atoms with Crippen molar-refractivity contribution in [2.45, 2.75) is 0 Å². The topological polar surface area (TPSA) is 118 Å². The van der Waals surface area contributed by atoms with Gasteiger partial charge in [-0.3, -0.25) is 20.1 Å². The molecule has 0 aliphatic heterocycles. The second kappa shape index (κ2) is 7.66. The highest BCUT2D eigenvalue weighted by atomic mass is 19.1. The van der Waals surface area contributed by atoms with Gasteiger partial charge in [0.15, 0.2) is 0 Å². The molecule has 8 nitrogen and oxygen atoms in total. The molecule has 6 rings (SSSR count). The van der Waals surface area contributed by atoms with Gasteiger partial charge in [-0.25, -0.2) is 4.39 Å². The third-order valence-corrected chi connectivity index (χ3v) is 5.72. The number of fused-ring (bicyclic) bond motifs is 2. The highest BCUT2D eigenvalue weighted by Crippen LogP contribution is 2.35. The molecule has 5 aromatic heterocycles. The van der Waals surface area contributed by atoms with Crippen LogP contribution in [0.25, 0.3) is 55.6 Å². The number of halogens is 1. The van der Waals surface area contributed by atoms with Crippen molar-refractivity contribution in [2.24, 2.45) is 0 Å². The third kappa shape index (κ3) is 3.30. The van der Waals surface area contributed by atoms with Crippen LogP contribution >= 0.6 is 0 Å². The van der Waals surface area contributed by atoms with Gasteiger partial charge in [-0.05, 0) is 35.9 Å². The Morgan fingerprint density at radius 1 is 0.853 bits per heavy atom. The van der Waals surface area contributed by atoms with Crippen molar-refractivity contribution >= 4 is 27.5 Å². The van der Waals surface area contributed by atoms with Gasteiger partial charge in [0.2, 0.25) is 0 Å². The number of pyridine rings is 3. The lowest BCUT2D eigenvalue weighted by molar-refractivity contribution is 0.411. The quantitative estimate of drug-likeness (QED) is 0.349. The van der Waals surface area contributed by atoms with Crippen molar-refractivity contribution in [1.82, 2.24) is 30.1 Å². The van der Waals surface area contributed by atoms with Crippen LogP contribution in [0.5, 0.6) is 5.75 Å². The zero-order valence-electron chi connectivity index (χ0n) is 18.0. The van der Waals surface area contributed by atoms with Gasteiger partial charge in [0, 0.05) is 46.6 Å². The number of nitrogens with one attached hydrogen (secondary N) is 2. The molecule has 0 saturated heterocycles. The first-order chi connectivity index (χ1) is 16.6. The molecule has 0 aliphatic rings. The van der Waals surface area contributed by atoms with Crippen LogP contribution in [0.1, 0.15) is 0 Å². The van der Waals surface area contributed by atoms with Gasteiger partial charge in [-0.2, -0.15) is 5.10 Å². The number of aromatic nitrogens is 6. The van der Waals surface area contributed by atoms with Crippen molar-refractivity contribution in [3.63, 3.8) is 0 Å². The highest BCUT2D eigenvalue weighted by Gasteiger charge is 2.16. The summed E-state index contributed by atoms with van der Waals surface area (Å²) in [5.74, 6) is 0.0635. The summed E-state index contributed by atoms with van der Waals surface area (Å²) in [6.07, 6.45) is 8.50. The van der Waals surface area contributed by atoms with Gasteiger partial charge in [0.1, 0.15) is 17.3 Å². The number of nitrogens with zero attached hydrogens (tertiary/aromatic N) is 4. The first-order valence-electron chi connectivity index (χ1n) is 10.5. The van der Waals surface area contributed by atoms with Gasteiger partial charge < -0.3 is 15.5 Å². The van der Waals surface area contributed by atoms with E-state index in [1.807, 2.05) is 18.2 Å². The summed E-state index contributed by atoms with van der Waals surface area (Å²) in [5, 5.41) is 9.34. The van der Waals surface area contributed by atoms with Crippen LogP contribution in [-0.2, 0) is 0 Å². The third-order valence-electron chi connectivity index (χ3n) is 5.72. The van der Waals surface area contributed by atoms with Crippen LogP contribution in [0.3, 0.4) is 0 Å². The van der Waals surface area contributed by atoms with Crippen LogP contribution in [0.4, 0.5) is 10.1 Å². The maximum Gasteiger partial charge on any atom is 0.127 e. The SMILES string of the molecule is COc1cc(F)cc(-c2cncc3[nH]c(-c4n[nH]c5cnc(-c6cncc(N)c6)cc45)cc23)c1. The van der Waals surface area contributed by atoms with E-state index in [2.05, 4.69) is 30.1 Å². The van der Waals surface area contributed by atoms with Crippen molar-refractivity contribution in [2.75, 3.05) is 12.8 Å². The average molecular weight is 451 g/mol. The first kappa shape index (κ1) is 19.9. The maximum atomic E-state index is 14.2. The first-order valence-corrected chi connectivity index (χ1v) is 10.5. The Labute approximate surface area is 192 Å². The molecule has 5 heterocycles. The predicted octanol–water partition coefficient (Wildman–Crippen LogP) is 4.96. The van der Waals surface area contributed by atoms with Crippen LogP contribution in [-0.4, -0.2) is 37.2 Å².